The lowest BCUT2D eigenvalue weighted by Gasteiger charge is -2.31. The van der Waals surface area contributed by atoms with Gasteiger partial charge in [-0.05, 0) is 51.3 Å². The average molecular weight is 736 g/mol. The number of hydrogen-bond donors (Lipinski definition) is 1. The Labute approximate surface area is 291 Å². The number of benzene rings is 2. The molecule has 276 valence electrons. The Hall–Kier alpha value is -5.20. The van der Waals surface area contributed by atoms with E-state index in [0.29, 0.717) is 31.3 Å². The van der Waals surface area contributed by atoms with Gasteiger partial charge in [0.2, 0.25) is 11.7 Å². The first-order chi connectivity index (χ1) is 24.4. The number of nitrogens with one attached hydrogen (secondary N) is 1. The van der Waals surface area contributed by atoms with Gasteiger partial charge in [-0.15, -0.1) is 5.10 Å². The summed E-state index contributed by atoms with van der Waals surface area (Å²) in [6.07, 6.45) is -5.48. The van der Waals surface area contributed by atoms with E-state index in [1.807, 2.05) is 0 Å². The van der Waals surface area contributed by atoms with E-state index < -0.39 is 71.7 Å². The third-order valence-corrected chi connectivity index (χ3v) is 8.68. The van der Waals surface area contributed by atoms with E-state index in [0.717, 1.165) is 23.8 Å². The molecule has 7 rings (SSSR count). The van der Waals surface area contributed by atoms with Crippen molar-refractivity contribution in [3.05, 3.63) is 59.2 Å². The Bertz CT molecular complexity index is 2000. The van der Waals surface area contributed by atoms with E-state index in [1.165, 1.54) is 24.3 Å². The number of amides is 2. The first-order valence-corrected chi connectivity index (χ1v) is 16.2. The normalized spacial score (nSPS) is 19.7. The molecule has 1 N–H and O–H groups in total. The van der Waals surface area contributed by atoms with Crippen molar-refractivity contribution in [1.82, 2.24) is 25.7 Å². The summed E-state index contributed by atoms with van der Waals surface area (Å²) in [5.74, 6) is -8.17. The summed E-state index contributed by atoms with van der Waals surface area (Å²) >= 11 is 0. The smallest absolute Gasteiger partial charge is 0.444 e. The molecule has 3 aliphatic rings. The molecule has 1 atom stereocenters. The second kappa shape index (κ2) is 12.5. The van der Waals surface area contributed by atoms with Gasteiger partial charge in [-0.1, -0.05) is 34.5 Å². The number of nitrogens with zero attached hydrogens (tertiary/aromatic N) is 6. The van der Waals surface area contributed by atoms with Crippen LogP contribution in [0.25, 0.3) is 22.8 Å². The average Bonchev–Trinajstić information content (AvgIpc) is 3.43. The van der Waals surface area contributed by atoms with Gasteiger partial charge in [0, 0.05) is 24.1 Å². The van der Waals surface area contributed by atoms with Crippen LogP contribution in [0.4, 0.5) is 42.8 Å². The van der Waals surface area contributed by atoms with E-state index in [9.17, 15) is 22.8 Å². The first kappa shape index (κ1) is 35.2. The van der Waals surface area contributed by atoms with Crippen molar-refractivity contribution < 1.29 is 54.3 Å². The molecule has 1 spiro atoms. The van der Waals surface area contributed by atoms with Crippen molar-refractivity contribution in [2.75, 3.05) is 29.5 Å². The predicted octanol–water partition coefficient (Wildman–Crippen LogP) is 6.24. The third kappa shape index (κ3) is 7.13. The summed E-state index contributed by atoms with van der Waals surface area (Å²) in [5, 5.41) is 13.6. The minimum atomic E-state index is -4.86. The number of carbonyl (C=O) groups is 2. The van der Waals surface area contributed by atoms with Gasteiger partial charge in [0.1, 0.15) is 17.5 Å². The van der Waals surface area contributed by atoms with Crippen molar-refractivity contribution in [3.8, 4) is 22.8 Å². The van der Waals surface area contributed by atoms with Crippen molar-refractivity contribution in [2.24, 2.45) is 0 Å². The summed E-state index contributed by atoms with van der Waals surface area (Å²) < 4.78 is 108. The number of fused-ring (bicyclic) bond motifs is 1. The minimum absolute atomic E-state index is 0.0860. The maximum Gasteiger partial charge on any atom is 0.471 e. The monoisotopic (exact) mass is 735 g/mol. The number of aromatic nitrogens is 4. The molecule has 2 amide bonds. The fourth-order valence-corrected chi connectivity index (χ4v) is 6.03. The van der Waals surface area contributed by atoms with E-state index in [-0.39, 0.29) is 34.5 Å². The fraction of sp³-hybridized carbons (Fsp3) is 0.455. The lowest BCUT2D eigenvalue weighted by Crippen LogP contribution is -2.49. The summed E-state index contributed by atoms with van der Waals surface area (Å²) in [7, 11) is 0. The highest BCUT2D eigenvalue weighted by Gasteiger charge is 2.49. The Morgan fingerprint density at radius 3 is 2.48 bits per heavy atom. The molecule has 2 aliphatic heterocycles. The zero-order valence-electron chi connectivity index (χ0n) is 27.9. The van der Waals surface area contributed by atoms with Crippen LogP contribution in [0.2, 0.25) is 0 Å². The number of anilines is 2. The van der Waals surface area contributed by atoms with Crippen LogP contribution in [-0.2, 0) is 32.9 Å². The minimum Gasteiger partial charge on any atom is -0.444 e. The van der Waals surface area contributed by atoms with Crippen molar-refractivity contribution >= 4 is 23.7 Å². The van der Waals surface area contributed by atoms with Gasteiger partial charge in [-0.25, -0.2) is 18.0 Å². The topological polar surface area (TPSA) is 149 Å². The highest BCUT2D eigenvalue weighted by atomic mass is 19.4. The molecule has 1 aliphatic carbocycles. The van der Waals surface area contributed by atoms with Crippen LogP contribution < -0.4 is 15.1 Å². The highest BCUT2D eigenvalue weighted by molar-refractivity contribution is 6.01. The largest absolute Gasteiger partial charge is 0.471 e. The molecule has 2 aromatic heterocycles. The van der Waals surface area contributed by atoms with Crippen LogP contribution in [0.5, 0.6) is 0 Å². The van der Waals surface area contributed by atoms with Crippen molar-refractivity contribution in [3.63, 3.8) is 0 Å². The first-order valence-electron chi connectivity index (χ1n) is 16.2. The molecule has 2 fully saturated rings. The number of hydrogen-bond acceptors (Lipinski definition) is 11. The quantitative estimate of drug-likeness (QED) is 0.225. The van der Waals surface area contributed by atoms with Gasteiger partial charge in [-0.3, -0.25) is 4.79 Å². The molecule has 0 radical (unpaired) electrons. The number of morpholine rings is 1. The molecule has 4 heterocycles. The van der Waals surface area contributed by atoms with Crippen LogP contribution in [0, 0.1) is 5.82 Å². The molecule has 19 heteroatoms. The zero-order valence-corrected chi connectivity index (χ0v) is 27.9. The van der Waals surface area contributed by atoms with Crippen molar-refractivity contribution in [1.29, 1.82) is 0 Å². The van der Waals surface area contributed by atoms with E-state index in [2.05, 4.69) is 30.2 Å². The molecule has 4 aromatic rings. The Morgan fingerprint density at radius 1 is 1.10 bits per heavy atom. The number of carbonyl (C=O) groups excluding carboxylic acids is 2. The number of ether oxygens (including phenoxy) is 2. The molecule has 13 nitrogen and oxygen atoms in total. The predicted molar refractivity (Wildman–Crippen MR) is 167 cm³/mol. The Kier molecular flexibility index (Phi) is 8.46. The maximum absolute atomic E-state index is 16.0. The van der Waals surface area contributed by atoms with Crippen LogP contribution in [0.3, 0.4) is 0 Å². The Morgan fingerprint density at radius 2 is 1.83 bits per heavy atom. The maximum atomic E-state index is 16.0. The molecule has 1 saturated carbocycles. The second-order valence-electron chi connectivity index (χ2n) is 13.8. The zero-order chi connectivity index (χ0) is 37.2. The Balaban J connectivity index is 1.24. The summed E-state index contributed by atoms with van der Waals surface area (Å²) in [6, 6.07) is 5.39. The number of halogens is 6. The number of alkyl halides is 5. The van der Waals surface area contributed by atoms with Crippen molar-refractivity contribution in [2.45, 2.75) is 75.9 Å². The van der Waals surface area contributed by atoms with Crippen LogP contribution in [0.1, 0.15) is 57.1 Å². The summed E-state index contributed by atoms with van der Waals surface area (Å²) in [6.45, 7) is 5.59. The van der Waals surface area contributed by atoms with Gasteiger partial charge in [0.05, 0.1) is 36.5 Å². The number of alkyl carbamates (subject to hydrolysis) is 1. The third-order valence-electron chi connectivity index (χ3n) is 8.68. The van der Waals surface area contributed by atoms with E-state index in [4.69, 9.17) is 13.9 Å². The SMILES string of the molecule is CC(C)(C)OC(=O)N[C@H]1CC(F)(F)c2cc(F)c(-c3nnc(N4CCOC5(CC5)C4)o3)cc2N(Cc2ccc(-c3noc(C(F)(F)F)n3)cc2)C1=O. The molecule has 0 bridgehead atoms. The molecule has 0 unspecified atom stereocenters. The number of rotatable bonds is 6. The summed E-state index contributed by atoms with van der Waals surface area (Å²) in [4.78, 5) is 32.9. The van der Waals surface area contributed by atoms with Gasteiger partial charge in [-0.2, -0.15) is 18.2 Å². The molecule has 52 heavy (non-hydrogen) atoms. The van der Waals surface area contributed by atoms with Crippen LogP contribution in [0.15, 0.2) is 45.3 Å². The van der Waals surface area contributed by atoms with Gasteiger partial charge >= 0.3 is 24.2 Å². The van der Waals surface area contributed by atoms with E-state index in [1.54, 1.807) is 25.7 Å². The fourth-order valence-electron chi connectivity index (χ4n) is 6.03. The molecular formula is C33H31F6N7O6. The van der Waals surface area contributed by atoms with E-state index >= 15 is 13.2 Å². The van der Waals surface area contributed by atoms with Gasteiger partial charge < -0.3 is 33.5 Å². The van der Waals surface area contributed by atoms with Gasteiger partial charge in [0.15, 0.2) is 0 Å². The molecular weight excluding hydrogens is 704 g/mol. The molecule has 1 saturated heterocycles. The van der Waals surface area contributed by atoms with Crippen LogP contribution in [-0.4, -0.2) is 69.3 Å². The lowest BCUT2D eigenvalue weighted by atomic mass is 9.99. The van der Waals surface area contributed by atoms with Crippen LogP contribution >= 0.6 is 0 Å². The summed E-state index contributed by atoms with van der Waals surface area (Å²) in [5.41, 5.74) is -2.48. The highest BCUT2D eigenvalue weighted by Crippen LogP contribution is 2.46. The second-order valence-corrected chi connectivity index (χ2v) is 13.8. The lowest BCUT2D eigenvalue weighted by molar-refractivity contribution is -0.159. The standard InChI is InChI=1S/C33H31F6N7O6/c1-30(2,3)51-29(48)40-22-14-32(35,36)20-13-21(34)19(25-42-43-28(50-25)45-10-11-49-31(16-45)8-9-31)12-23(20)46(26(22)47)15-17-4-6-18(7-5-17)24-41-27(52-44-24)33(37,38)39/h4-7,12-13,22H,8-11,14-16H2,1-3H3,(H,40,48)/t22-/m0/s1. The van der Waals surface area contributed by atoms with Gasteiger partial charge in [0.25, 0.3) is 11.8 Å². The molecule has 2 aromatic carbocycles.